The molecule has 8 heteroatoms. The predicted molar refractivity (Wildman–Crippen MR) is 123 cm³/mol. The molecule has 0 aromatic heterocycles. The van der Waals surface area contributed by atoms with Crippen molar-refractivity contribution < 1.29 is 14.3 Å². The van der Waals surface area contributed by atoms with Crippen molar-refractivity contribution in [2.24, 2.45) is 5.92 Å². The van der Waals surface area contributed by atoms with Gasteiger partial charge in [0.2, 0.25) is 5.91 Å². The second-order valence-corrected chi connectivity index (χ2v) is 8.65. The van der Waals surface area contributed by atoms with E-state index in [0.29, 0.717) is 18.0 Å². The Labute approximate surface area is 192 Å². The maximum atomic E-state index is 12.6. The first kappa shape index (κ1) is 24.5. The molecule has 0 bridgehead atoms. The fourth-order valence-electron chi connectivity index (χ4n) is 3.09. The highest BCUT2D eigenvalue weighted by molar-refractivity contribution is 6.44. The van der Waals surface area contributed by atoms with Gasteiger partial charge in [-0.3, -0.25) is 10.1 Å². The Bertz CT molecular complexity index is 924. The van der Waals surface area contributed by atoms with Gasteiger partial charge in [-0.2, -0.15) is 5.26 Å². The van der Waals surface area contributed by atoms with Crippen molar-refractivity contribution in [3.8, 4) is 17.2 Å². The van der Waals surface area contributed by atoms with E-state index in [-0.39, 0.29) is 25.0 Å². The van der Waals surface area contributed by atoms with Gasteiger partial charge >= 0.3 is 6.09 Å². The molecule has 0 aliphatic carbocycles. The number of nitrogens with one attached hydrogen (secondary N) is 2. The van der Waals surface area contributed by atoms with E-state index < -0.39 is 10.9 Å². The van der Waals surface area contributed by atoms with Crippen molar-refractivity contribution in [2.45, 2.75) is 31.0 Å². The van der Waals surface area contributed by atoms with Gasteiger partial charge in [0, 0.05) is 5.69 Å². The topological polar surface area (TPSA) is 91.2 Å². The second kappa shape index (κ2) is 12.2. The zero-order chi connectivity index (χ0) is 22.8. The molecule has 0 aliphatic rings. The molecule has 2 rings (SSSR count). The summed E-state index contributed by atoms with van der Waals surface area (Å²) in [4.78, 5) is 23.5. The third kappa shape index (κ3) is 8.12. The van der Waals surface area contributed by atoms with Crippen LogP contribution in [0.2, 0.25) is 0 Å². The zero-order valence-corrected chi connectivity index (χ0v) is 18.9. The lowest BCUT2D eigenvalue weighted by Gasteiger charge is -2.19. The van der Waals surface area contributed by atoms with Crippen LogP contribution in [-0.2, 0) is 9.53 Å². The summed E-state index contributed by atoms with van der Waals surface area (Å²) in [7, 11) is 0. The Morgan fingerprint density at radius 3 is 2.42 bits per heavy atom. The number of halogens is 2. The summed E-state index contributed by atoms with van der Waals surface area (Å²) in [5, 5.41) is 14.0. The van der Waals surface area contributed by atoms with Crippen molar-refractivity contribution in [3.05, 3.63) is 54.1 Å². The van der Waals surface area contributed by atoms with Crippen molar-refractivity contribution in [1.82, 2.24) is 5.32 Å². The molecule has 0 heterocycles. The number of nitrogens with zero attached hydrogens (tertiary/aromatic N) is 1. The van der Waals surface area contributed by atoms with Crippen LogP contribution in [0, 0.1) is 17.2 Å². The van der Waals surface area contributed by atoms with E-state index in [1.807, 2.05) is 42.5 Å². The lowest BCUT2D eigenvalue weighted by atomic mass is 9.88. The minimum atomic E-state index is -0.776. The SMILES string of the molecule is CC(C)CC(C(=O)NCC#N)c1cccc(-c2ccc(NC(=O)OCC(Cl)Cl)cc2)c1. The second-order valence-electron chi connectivity index (χ2n) is 7.38. The number of alkyl halides is 2. The van der Waals surface area contributed by atoms with Crippen LogP contribution in [0.5, 0.6) is 0 Å². The summed E-state index contributed by atoms with van der Waals surface area (Å²) >= 11 is 11.1. The molecule has 0 saturated carbocycles. The predicted octanol–water partition coefficient (Wildman–Crippen LogP) is 5.48. The third-order valence-corrected chi connectivity index (χ3v) is 4.71. The van der Waals surface area contributed by atoms with Gasteiger partial charge in [-0.05, 0) is 41.2 Å². The molecule has 2 amide bonds. The first-order chi connectivity index (χ1) is 14.8. The molecule has 6 nitrogen and oxygen atoms in total. The number of rotatable bonds is 9. The van der Waals surface area contributed by atoms with Crippen molar-refractivity contribution in [1.29, 1.82) is 5.26 Å². The summed E-state index contributed by atoms with van der Waals surface area (Å²) in [6.07, 6.45) is 0.0397. The third-order valence-electron chi connectivity index (χ3n) is 4.46. The minimum Gasteiger partial charge on any atom is -0.446 e. The van der Waals surface area contributed by atoms with Gasteiger partial charge in [0.05, 0.1) is 12.0 Å². The van der Waals surface area contributed by atoms with E-state index >= 15 is 0 Å². The Hall–Kier alpha value is -2.75. The maximum absolute atomic E-state index is 12.6. The largest absolute Gasteiger partial charge is 0.446 e. The Kier molecular flexibility index (Phi) is 9.64. The van der Waals surface area contributed by atoms with E-state index in [1.54, 1.807) is 12.1 Å². The number of ether oxygens (including phenoxy) is 1. The smallest absolute Gasteiger partial charge is 0.411 e. The summed E-state index contributed by atoms with van der Waals surface area (Å²) in [6, 6.07) is 17.0. The van der Waals surface area contributed by atoms with Gasteiger partial charge in [0.15, 0.2) is 0 Å². The molecular formula is C23H25Cl2N3O3. The monoisotopic (exact) mass is 461 g/mol. The number of carbonyl (C=O) groups excluding carboxylic acids is 2. The highest BCUT2D eigenvalue weighted by atomic mass is 35.5. The summed E-state index contributed by atoms with van der Waals surface area (Å²) in [5.74, 6) is -0.169. The maximum Gasteiger partial charge on any atom is 0.411 e. The minimum absolute atomic E-state index is 0.0134. The molecule has 1 unspecified atom stereocenters. The van der Waals surface area contributed by atoms with Crippen molar-refractivity contribution in [3.63, 3.8) is 0 Å². The average Bonchev–Trinajstić information content (AvgIpc) is 2.75. The summed E-state index contributed by atoms with van der Waals surface area (Å²) in [5.41, 5.74) is 3.34. The Morgan fingerprint density at radius 2 is 1.81 bits per heavy atom. The van der Waals surface area contributed by atoms with E-state index in [2.05, 4.69) is 24.5 Å². The van der Waals surface area contributed by atoms with Gasteiger partial charge < -0.3 is 10.1 Å². The van der Waals surface area contributed by atoms with E-state index in [4.69, 9.17) is 33.2 Å². The average molecular weight is 462 g/mol. The molecule has 1 atom stereocenters. The molecule has 2 N–H and O–H groups in total. The summed E-state index contributed by atoms with van der Waals surface area (Å²) in [6.45, 7) is 4.01. The van der Waals surface area contributed by atoms with E-state index in [0.717, 1.165) is 16.7 Å². The molecule has 31 heavy (non-hydrogen) atoms. The Morgan fingerprint density at radius 1 is 1.10 bits per heavy atom. The fraction of sp³-hybridized carbons (Fsp3) is 0.348. The molecular weight excluding hydrogens is 437 g/mol. The van der Waals surface area contributed by atoms with Crippen LogP contribution in [-0.4, -0.2) is 30.0 Å². The molecule has 164 valence electrons. The number of hydrogen-bond acceptors (Lipinski definition) is 4. The van der Waals surface area contributed by atoms with Gasteiger partial charge in [0.1, 0.15) is 18.0 Å². The number of nitriles is 1. The van der Waals surface area contributed by atoms with Crippen LogP contribution in [0.15, 0.2) is 48.5 Å². The number of hydrogen-bond donors (Lipinski definition) is 2. The molecule has 0 saturated heterocycles. The standard InChI is InChI=1S/C23H25Cl2N3O3/c1-15(2)12-20(22(29)27-11-10-26)18-5-3-4-17(13-18)16-6-8-19(9-7-16)28-23(30)31-14-21(24)25/h3-9,13,15,20-21H,11-12,14H2,1-2H3,(H,27,29)(H,28,30). The normalized spacial score (nSPS) is 11.6. The zero-order valence-electron chi connectivity index (χ0n) is 17.4. The molecule has 0 spiro atoms. The molecule has 0 aliphatic heterocycles. The lowest BCUT2D eigenvalue weighted by Crippen LogP contribution is -2.30. The Balaban J connectivity index is 2.16. The van der Waals surface area contributed by atoms with E-state index in [9.17, 15) is 9.59 Å². The molecule has 2 aromatic carbocycles. The van der Waals surface area contributed by atoms with Gasteiger partial charge in [-0.1, -0.05) is 50.2 Å². The van der Waals surface area contributed by atoms with Crippen LogP contribution in [0.25, 0.3) is 11.1 Å². The van der Waals surface area contributed by atoms with Gasteiger partial charge in [-0.15, -0.1) is 23.2 Å². The van der Waals surface area contributed by atoms with Crippen LogP contribution in [0.4, 0.5) is 10.5 Å². The fourth-order valence-corrected chi connectivity index (χ4v) is 3.22. The molecule has 0 radical (unpaired) electrons. The van der Waals surface area contributed by atoms with E-state index in [1.165, 1.54) is 0 Å². The highest BCUT2D eigenvalue weighted by Gasteiger charge is 2.22. The summed E-state index contributed by atoms with van der Waals surface area (Å²) < 4.78 is 4.87. The lowest BCUT2D eigenvalue weighted by molar-refractivity contribution is -0.122. The van der Waals surface area contributed by atoms with Crippen LogP contribution in [0.3, 0.4) is 0 Å². The molecule has 2 aromatic rings. The van der Waals surface area contributed by atoms with Gasteiger partial charge in [-0.25, -0.2) is 4.79 Å². The number of carbonyl (C=O) groups is 2. The first-order valence-electron chi connectivity index (χ1n) is 9.87. The van der Waals surface area contributed by atoms with Gasteiger partial charge in [0.25, 0.3) is 0 Å². The molecule has 0 fully saturated rings. The number of amides is 2. The van der Waals surface area contributed by atoms with Crippen LogP contribution >= 0.6 is 23.2 Å². The van der Waals surface area contributed by atoms with Crippen molar-refractivity contribution in [2.75, 3.05) is 18.5 Å². The van der Waals surface area contributed by atoms with Crippen LogP contribution in [0.1, 0.15) is 31.7 Å². The first-order valence-corrected chi connectivity index (χ1v) is 10.7. The van der Waals surface area contributed by atoms with Crippen LogP contribution < -0.4 is 10.6 Å². The van der Waals surface area contributed by atoms with Crippen molar-refractivity contribution >= 4 is 40.9 Å². The number of anilines is 1. The quantitative estimate of drug-likeness (QED) is 0.382. The number of benzene rings is 2. The highest BCUT2D eigenvalue weighted by Crippen LogP contribution is 2.29.